The number of benzene rings is 9. The Balaban J connectivity index is 1.10. The number of fused-ring (bicyclic) bond motifs is 11. The van der Waals surface area contributed by atoms with Crippen molar-refractivity contribution < 1.29 is 0 Å². The van der Waals surface area contributed by atoms with Gasteiger partial charge >= 0.3 is 0 Å². The molecule has 0 fully saturated rings. The first-order chi connectivity index (χ1) is 36.7. The predicted molar refractivity (Wildman–Crippen MR) is 331 cm³/mol. The Labute approximate surface area is 455 Å². The van der Waals surface area contributed by atoms with Crippen LogP contribution in [0.15, 0.2) is 188 Å². The highest BCUT2D eigenvalue weighted by Gasteiger charge is 2.51. The fourth-order valence-corrected chi connectivity index (χ4v) is 14.1. The van der Waals surface area contributed by atoms with Crippen LogP contribution in [0.2, 0.25) is 0 Å². The van der Waals surface area contributed by atoms with Crippen molar-refractivity contribution in [3.8, 4) is 22.3 Å². The molecule has 0 radical (unpaired) electrons. The van der Waals surface area contributed by atoms with Gasteiger partial charge in [0.2, 0.25) is 13.4 Å². The summed E-state index contributed by atoms with van der Waals surface area (Å²) in [5.41, 5.74) is 31.1. The quantitative estimate of drug-likeness (QED) is 0.123. The first-order valence-electron chi connectivity index (χ1n) is 28.6. The summed E-state index contributed by atoms with van der Waals surface area (Å²) in [7, 11) is 0. The Morgan fingerprint density at radius 3 is 1.14 bits per heavy atom. The molecule has 0 atom stereocenters. The second-order valence-corrected chi connectivity index (χ2v) is 24.3. The summed E-state index contributed by atoms with van der Waals surface area (Å²) in [5.74, 6) is 2.31. The van der Waals surface area contributed by atoms with Crippen molar-refractivity contribution in [1.29, 1.82) is 0 Å². The molecule has 1 nitrogen and oxygen atoms in total. The van der Waals surface area contributed by atoms with Gasteiger partial charge in [0, 0.05) is 5.69 Å². The van der Waals surface area contributed by atoms with Gasteiger partial charge in [-0.1, -0.05) is 280 Å². The van der Waals surface area contributed by atoms with Gasteiger partial charge in [-0.3, -0.25) is 0 Å². The molecule has 0 N–H and O–H groups in total. The predicted octanol–water partition coefficient (Wildman–Crippen LogP) is 15.6. The lowest BCUT2D eigenvalue weighted by atomic mass is 9.20. The van der Waals surface area contributed by atoms with Gasteiger partial charge < -0.3 is 4.90 Å². The summed E-state index contributed by atoms with van der Waals surface area (Å²) in [5, 5.41) is 0. The van der Waals surface area contributed by atoms with Gasteiger partial charge in [-0.25, -0.2) is 0 Å². The van der Waals surface area contributed by atoms with E-state index >= 15 is 0 Å². The average molecular weight is 986 g/mol. The van der Waals surface area contributed by atoms with E-state index in [0.717, 1.165) is 5.69 Å². The van der Waals surface area contributed by atoms with Crippen LogP contribution in [0.25, 0.3) is 22.3 Å². The van der Waals surface area contributed by atoms with Crippen molar-refractivity contribution in [2.75, 3.05) is 4.90 Å². The zero-order valence-electron chi connectivity index (χ0n) is 47.0. The fraction of sp³-hybridized carbons (Fsp3) is 0.260. The maximum atomic E-state index is 2.62. The van der Waals surface area contributed by atoms with E-state index in [1.165, 1.54) is 122 Å². The lowest BCUT2D eigenvalue weighted by molar-refractivity contribution is 0.752. The molecule has 2 aliphatic heterocycles. The molecule has 0 bridgehead atoms. The number of para-hydroxylation sites is 2. The van der Waals surface area contributed by atoms with Crippen LogP contribution in [0.5, 0.6) is 0 Å². The molecule has 0 saturated heterocycles. The van der Waals surface area contributed by atoms with Crippen LogP contribution in [-0.4, -0.2) is 13.4 Å². The number of hydrogen-bond acceptors (Lipinski definition) is 1. The van der Waals surface area contributed by atoms with Crippen LogP contribution < -0.4 is 37.7 Å². The smallest absolute Gasteiger partial charge is 0.240 e. The minimum absolute atomic E-state index is 0.0516. The Hall–Kier alpha value is -7.09. The summed E-state index contributed by atoms with van der Waals surface area (Å²) in [4.78, 5) is 2.54. The maximum absolute atomic E-state index is 2.62. The molecule has 9 aromatic rings. The van der Waals surface area contributed by atoms with Gasteiger partial charge in [0.1, 0.15) is 0 Å². The third-order valence-corrected chi connectivity index (χ3v) is 17.7. The largest absolute Gasteiger partial charge is 0.310 e. The van der Waals surface area contributed by atoms with Crippen molar-refractivity contribution in [2.24, 2.45) is 0 Å². The summed E-state index contributed by atoms with van der Waals surface area (Å²) >= 11 is 0. The van der Waals surface area contributed by atoms with Gasteiger partial charge in [0.15, 0.2) is 0 Å². The minimum Gasteiger partial charge on any atom is -0.310 e. The lowest BCUT2D eigenvalue weighted by Gasteiger charge is -2.45. The second-order valence-electron chi connectivity index (χ2n) is 24.3. The normalized spacial score (nSPS) is 14.0. The molecule has 0 amide bonds. The van der Waals surface area contributed by atoms with Crippen LogP contribution in [-0.2, 0) is 5.41 Å². The van der Waals surface area contributed by atoms with Crippen molar-refractivity contribution >= 4 is 63.3 Å². The molecule has 1 aliphatic carbocycles. The highest BCUT2D eigenvalue weighted by molar-refractivity contribution is 7.11. The van der Waals surface area contributed by atoms with Crippen molar-refractivity contribution in [1.82, 2.24) is 0 Å². The van der Waals surface area contributed by atoms with E-state index in [0.29, 0.717) is 35.5 Å². The van der Waals surface area contributed by atoms with Crippen LogP contribution in [0.1, 0.15) is 174 Å². The molecular formula is C73H73B2N. The summed E-state index contributed by atoms with van der Waals surface area (Å²) < 4.78 is 0. The molecule has 3 heteroatoms. The zero-order valence-corrected chi connectivity index (χ0v) is 47.0. The van der Waals surface area contributed by atoms with Gasteiger partial charge in [-0.15, -0.1) is 0 Å². The molecule has 76 heavy (non-hydrogen) atoms. The van der Waals surface area contributed by atoms with E-state index in [1.54, 1.807) is 0 Å². The third kappa shape index (κ3) is 7.65. The lowest BCUT2D eigenvalue weighted by Crippen LogP contribution is -2.76. The highest BCUT2D eigenvalue weighted by atomic mass is 15.2. The zero-order chi connectivity index (χ0) is 52.9. The van der Waals surface area contributed by atoms with E-state index in [4.69, 9.17) is 0 Å². The van der Waals surface area contributed by atoms with Gasteiger partial charge in [-0.05, 0) is 138 Å². The van der Waals surface area contributed by atoms with E-state index in [1.807, 2.05) is 0 Å². The molecular weight excluding hydrogens is 912 g/mol. The van der Waals surface area contributed by atoms with E-state index < -0.39 is 5.41 Å². The van der Waals surface area contributed by atoms with Crippen molar-refractivity contribution in [3.63, 3.8) is 0 Å². The molecule has 0 unspecified atom stereocenters. The molecule has 3 aliphatic rings. The van der Waals surface area contributed by atoms with Crippen LogP contribution in [0.4, 0.5) is 17.1 Å². The van der Waals surface area contributed by atoms with Crippen LogP contribution >= 0.6 is 0 Å². The Kier molecular flexibility index (Phi) is 12.6. The van der Waals surface area contributed by atoms with Gasteiger partial charge in [0.05, 0.1) is 16.8 Å². The Morgan fingerprint density at radius 1 is 0.316 bits per heavy atom. The van der Waals surface area contributed by atoms with Gasteiger partial charge in [-0.2, -0.15) is 0 Å². The summed E-state index contributed by atoms with van der Waals surface area (Å²) in [6.45, 7) is 28.8. The number of rotatable bonds is 10. The van der Waals surface area contributed by atoms with Crippen molar-refractivity contribution in [2.45, 2.75) is 124 Å². The Morgan fingerprint density at radius 2 is 0.697 bits per heavy atom. The Bertz CT molecular complexity index is 3570. The van der Waals surface area contributed by atoms with E-state index in [2.05, 4.69) is 276 Å². The first-order valence-corrected chi connectivity index (χ1v) is 28.6. The number of nitrogens with zero attached hydrogens (tertiary/aromatic N) is 1. The van der Waals surface area contributed by atoms with E-state index in [9.17, 15) is 0 Å². The van der Waals surface area contributed by atoms with E-state index in [-0.39, 0.29) is 13.4 Å². The summed E-state index contributed by atoms with van der Waals surface area (Å²) in [6, 6.07) is 73.4. The first kappa shape index (κ1) is 49.8. The van der Waals surface area contributed by atoms with Gasteiger partial charge in [0.25, 0.3) is 0 Å². The number of anilines is 3. The monoisotopic (exact) mass is 986 g/mol. The average Bonchev–Trinajstić information content (AvgIpc) is 3.94. The maximum Gasteiger partial charge on any atom is 0.240 e. The van der Waals surface area contributed by atoms with Crippen LogP contribution in [0, 0.1) is 0 Å². The summed E-state index contributed by atoms with van der Waals surface area (Å²) in [6.07, 6.45) is 0. The van der Waals surface area contributed by atoms with Crippen molar-refractivity contribution in [3.05, 3.63) is 244 Å². The standard InChI is InChI=1S/C73H73B2N/c1-44(2)52-39-57(46(5)6)71(58(40-52)47(7)8)74-65-32-19-20-33-66(65)75(72-59(48(9)10)41-53(45(3)4)42-60(72)49(11)12)68-43-51(36-37-67(68)74)50-24-23-25-54(38-50)76-69-34-21-17-30-63(69)73(64-31-18-22-35-70(64)76)61-28-15-13-26-55(61)56-27-14-16-29-62(56)73/h13-49H,1-12H3. The third-order valence-electron chi connectivity index (χ3n) is 17.7. The molecule has 0 saturated carbocycles. The highest BCUT2D eigenvalue weighted by Crippen LogP contribution is 2.63. The SMILES string of the molecule is CC(C)c1cc(C(C)C)c(B2c3ccccc3B(c3c(C(C)C)cc(C(C)C)cc3C(C)C)c3cc(-c4cccc(N5c6ccccc6C6(c7ccccc7-c7ccccc76)c6ccccc65)c4)ccc32)c(C(C)C)c1. The second kappa shape index (κ2) is 19.2. The molecule has 2 heterocycles. The molecule has 0 aromatic heterocycles. The molecule has 9 aromatic carbocycles. The fourth-order valence-electron chi connectivity index (χ4n) is 14.1. The molecule has 12 rings (SSSR count). The topological polar surface area (TPSA) is 3.24 Å². The molecule has 376 valence electrons. The minimum atomic E-state index is -0.453. The van der Waals surface area contributed by atoms with Crippen LogP contribution in [0.3, 0.4) is 0 Å². The number of hydrogen-bond donors (Lipinski definition) is 0. The molecule has 1 spiro atoms.